The molecule has 0 radical (unpaired) electrons. The molecular formula is C12H17N3O6S. The molecule has 0 saturated carbocycles. The molecule has 0 amide bonds. The summed E-state index contributed by atoms with van der Waals surface area (Å²) >= 11 is 0. The molecule has 0 aliphatic rings. The minimum absolute atomic E-state index is 0.0501. The highest BCUT2D eigenvalue weighted by molar-refractivity contribution is 7.89. The maximum Gasteiger partial charge on any atom is 0.322 e. The standard InChI is InChI=1S/C12H17N3O6S/c1-3-14(4-2)22(20,21)9-5-6-10(13-8-12(16)17)11(7-9)15(18)19/h5-7,13H,3-4,8H2,1-2H3,(H,16,17). The van der Waals surface area contributed by atoms with Gasteiger partial charge in [-0.2, -0.15) is 4.31 Å². The molecule has 0 atom stereocenters. The van der Waals surface area contributed by atoms with Gasteiger partial charge < -0.3 is 10.4 Å². The van der Waals surface area contributed by atoms with Gasteiger partial charge in [-0.1, -0.05) is 13.8 Å². The first-order valence-corrected chi connectivity index (χ1v) is 7.92. The fourth-order valence-corrected chi connectivity index (χ4v) is 3.33. The molecule has 1 rings (SSSR count). The van der Waals surface area contributed by atoms with Crippen LogP contribution in [0.1, 0.15) is 13.8 Å². The van der Waals surface area contributed by atoms with Gasteiger partial charge in [0.1, 0.15) is 12.2 Å². The zero-order valence-corrected chi connectivity index (χ0v) is 13.0. The molecule has 1 aromatic rings. The predicted molar refractivity (Wildman–Crippen MR) is 79.3 cm³/mol. The maximum absolute atomic E-state index is 12.3. The predicted octanol–water partition coefficient (Wildman–Crippen LogP) is 1.12. The van der Waals surface area contributed by atoms with Gasteiger partial charge in [0.2, 0.25) is 10.0 Å². The van der Waals surface area contributed by atoms with Crippen molar-refractivity contribution in [2.75, 3.05) is 25.0 Å². The Balaban J connectivity index is 3.28. The van der Waals surface area contributed by atoms with Crippen LogP contribution in [0, 0.1) is 10.1 Å². The zero-order chi connectivity index (χ0) is 16.9. The quantitative estimate of drug-likeness (QED) is 0.539. The summed E-state index contributed by atoms with van der Waals surface area (Å²) in [5.74, 6) is -1.19. The van der Waals surface area contributed by atoms with E-state index in [0.29, 0.717) is 0 Å². The van der Waals surface area contributed by atoms with E-state index in [1.807, 2.05) is 0 Å². The van der Waals surface area contributed by atoms with Crippen LogP contribution < -0.4 is 5.32 Å². The van der Waals surface area contributed by atoms with Crippen LogP contribution >= 0.6 is 0 Å². The molecule has 0 aromatic heterocycles. The number of anilines is 1. The van der Waals surface area contributed by atoms with E-state index in [2.05, 4.69) is 5.32 Å². The SMILES string of the molecule is CCN(CC)S(=O)(=O)c1ccc(NCC(=O)O)c([N+](=O)[O-])c1. The summed E-state index contributed by atoms with van der Waals surface area (Å²) in [6.45, 7) is 3.30. The molecule has 0 bridgehead atoms. The second kappa shape index (κ2) is 7.18. The average Bonchev–Trinajstić information content (AvgIpc) is 2.45. The van der Waals surface area contributed by atoms with Crippen molar-refractivity contribution in [2.45, 2.75) is 18.7 Å². The summed E-state index contributed by atoms with van der Waals surface area (Å²) in [6, 6.07) is 3.33. The minimum atomic E-state index is -3.82. The summed E-state index contributed by atoms with van der Waals surface area (Å²) in [5, 5.41) is 22.0. The van der Waals surface area contributed by atoms with E-state index in [-0.39, 0.29) is 23.7 Å². The van der Waals surface area contributed by atoms with Gasteiger partial charge >= 0.3 is 5.97 Å². The lowest BCUT2D eigenvalue weighted by Crippen LogP contribution is -2.30. The highest BCUT2D eigenvalue weighted by Gasteiger charge is 2.25. The Hall–Kier alpha value is -2.20. The molecule has 0 saturated heterocycles. The minimum Gasteiger partial charge on any atom is -0.480 e. The molecule has 122 valence electrons. The van der Waals surface area contributed by atoms with E-state index in [1.54, 1.807) is 13.8 Å². The fourth-order valence-electron chi connectivity index (χ4n) is 1.86. The molecule has 0 heterocycles. The number of nitrogens with one attached hydrogen (secondary N) is 1. The third-order valence-electron chi connectivity index (χ3n) is 2.94. The summed E-state index contributed by atoms with van der Waals surface area (Å²) < 4.78 is 25.8. The molecular weight excluding hydrogens is 314 g/mol. The third kappa shape index (κ3) is 3.92. The number of nitro benzene ring substituents is 1. The van der Waals surface area contributed by atoms with Crippen LogP contribution in [-0.2, 0) is 14.8 Å². The van der Waals surface area contributed by atoms with Crippen molar-refractivity contribution in [3.8, 4) is 0 Å². The first-order chi connectivity index (χ1) is 10.2. The number of benzene rings is 1. The van der Waals surface area contributed by atoms with Gasteiger partial charge in [0, 0.05) is 19.2 Å². The normalized spacial score (nSPS) is 11.4. The Bertz CT molecular complexity index is 669. The molecule has 0 aliphatic heterocycles. The van der Waals surface area contributed by atoms with Gasteiger partial charge in [0.05, 0.1) is 9.82 Å². The Labute approximate surface area is 127 Å². The second-order valence-electron chi connectivity index (χ2n) is 4.27. The van der Waals surface area contributed by atoms with E-state index in [0.717, 1.165) is 6.07 Å². The number of rotatable bonds is 8. The van der Waals surface area contributed by atoms with Gasteiger partial charge in [-0.15, -0.1) is 0 Å². The van der Waals surface area contributed by atoms with Crippen molar-refractivity contribution >= 4 is 27.4 Å². The number of sulfonamides is 1. The van der Waals surface area contributed by atoms with E-state index in [4.69, 9.17) is 5.11 Å². The zero-order valence-electron chi connectivity index (χ0n) is 12.1. The summed E-state index contributed by atoms with van der Waals surface area (Å²) in [5.41, 5.74) is -0.541. The van der Waals surface area contributed by atoms with Gasteiger partial charge in [0.25, 0.3) is 5.69 Å². The van der Waals surface area contributed by atoms with Crippen molar-refractivity contribution in [1.82, 2.24) is 4.31 Å². The van der Waals surface area contributed by atoms with Gasteiger partial charge in [-0.05, 0) is 12.1 Å². The largest absolute Gasteiger partial charge is 0.480 e. The van der Waals surface area contributed by atoms with E-state index in [1.165, 1.54) is 16.4 Å². The smallest absolute Gasteiger partial charge is 0.322 e. The lowest BCUT2D eigenvalue weighted by molar-refractivity contribution is -0.384. The lowest BCUT2D eigenvalue weighted by atomic mass is 10.2. The summed E-state index contributed by atoms with van der Waals surface area (Å²) in [7, 11) is -3.82. The first-order valence-electron chi connectivity index (χ1n) is 6.48. The summed E-state index contributed by atoms with van der Waals surface area (Å²) in [6.07, 6.45) is 0. The first kappa shape index (κ1) is 17.9. The Morgan fingerprint density at radius 1 is 1.36 bits per heavy atom. The number of aliphatic carboxylic acids is 1. The number of hydrogen-bond donors (Lipinski definition) is 2. The van der Waals surface area contributed by atoms with Crippen LogP contribution in [0.2, 0.25) is 0 Å². The van der Waals surface area contributed by atoms with Crippen LogP contribution in [0.25, 0.3) is 0 Å². The average molecular weight is 331 g/mol. The number of hydrogen-bond acceptors (Lipinski definition) is 6. The van der Waals surface area contributed by atoms with Crippen molar-refractivity contribution < 1.29 is 23.2 Å². The third-order valence-corrected chi connectivity index (χ3v) is 4.99. The van der Waals surface area contributed by atoms with Crippen molar-refractivity contribution in [3.63, 3.8) is 0 Å². The highest BCUT2D eigenvalue weighted by atomic mass is 32.2. The number of carboxylic acid groups (broad SMARTS) is 1. The van der Waals surface area contributed by atoms with Crippen molar-refractivity contribution in [2.24, 2.45) is 0 Å². The van der Waals surface area contributed by atoms with Gasteiger partial charge in [0.15, 0.2) is 0 Å². The molecule has 0 spiro atoms. The van der Waals surface area contributed by atoms with Crippen LogP contribution in [0.4, 0.5) is 11.4 Å². The Morgan fingerprint density at radius 2 is 1.95 bits per heavy atom. The monoisotopic (exact) mass is 331 g/mol. The Kier molecular flexibility index (Phi) is 5.83. The molecule has 9 nitrogen and oxygen atoms in total. The molecule has 0 aliphatic carbocycles. The maximum atomic E-state index is 12.3. The molecule has 2 N–H and O–H groups in total. The van der Waals surface area contributed by atoms with E-state index < -0.39 is 33.1 Å². The molecule has 1 aromatic carbocycles. The lowest BCUT2D eigenvalue weighted by Gasteiger charge is -2.18. The fraction of sp³-hybridized carbons (Fsp3) is 0.417. The Morgan fingerprint density at radius 3 is 2.41 bits per heavy atom. The second-order valence-corrected chi connectivity index (χ2v) is 6.21. The van der Waals surface area contributed by atoms with Crippen molar-refractivity contribution in [1.29, 1.82) is 0 Å². The number of nitrogens with zero attached hydrogens (tertiary/aromatic N) is 2. The van der Waals surface area contributed by atoms with E-state index in [9.17, 15) is 23.3 Å². The molecule has 10 heteroatoms. The van der Waals surface area contributed by atoms with Crippen molar-refractivity contribution in [3.05, 3.63) is 28.3 Å². The van der Waals surface area contributed by atoms with Crippen LogP contribution in [-0.4, -0.2) is 48.4 Å². The van der Waals surface area contributed by atoms with Gasteiger partial charge in [-0.25, -0.2) is 8.42 Å². The molecule has 22 heavy (non-hydrogen) atoms. The molecule has 0 fully saturated rings. The topological polar surface area (TPSA) is 130 Å². The van der Waals surface area contributed by atoms with Crippen LogP contribution in [0.3, 0.4) is 0 Å². The summed E-state index contributed by atoms with van der Waals surface area (Å²) in [4.78, 5) is 20.6. The van der Waals surface area contributed by atoms with Gasteiger partial charge in [-0.3, -0.25) is 14.9 Å². The van der Waals surface area contributed by atoms with Crippen LogP contribution in [0.5, 0.6) is 0 Å². The number of carboxylic acids is 1. The van der Waals surface area contributed by atoms with E-state index >= 15 is 0 Å². The highest BCUT2D eigenvalue weighted by Crippen LogP contribution is 2.28. The molecule has 0 unspecified atom stereocenters. The number of nitro groups is 1. The number of carbonyl (C=O) groups is 1. The van der Waals surface area contributed by atoms with Crippen LogP contribution in [0.15, 0.2) is 23.1 Å².